The summed E-state index contributed by atoms with van der Waals surface area (Å²) in [4.78, 5) is 48.2. The van der Waals surface area contributed by atoms with Crippen molar-refractivity contribution in [2.45, 2.75) is 33.1 Å². The molecule has 0 aliphatic heterocycles. The van der Waals surface area contributed by atoms with Crippen molar-refractivity contribution in [2.75, 3.05) is 0 Å². The van der Waals surface area contributed by atoms with E-state index in [-0.39, 0.29) is 22.9 Å². The van der Waals surface area contributed by atoms with Gasteiger partial charge in [-0.05, 0) is 44.4 Å². The third-order valence-electron chi connectivity index (χ3n) is 5.85. The molecule has 4 rings (SSSR count). The number of rotatable bonds is 5. The minimum absolute atomic E-state index is 0.0253. The van der Waals surface area contributed by atoms with Gasteiger partial charge in [0, 0.05) is 29.2 Å². The van der Waals surface area contributed by atoms with Gasteiger partial charge in [-0.3, -0.25) is 35.3 Å². The second-order valence-corrected chi connectivity index (χ2v) is 8.20. The molecule has 0 radical (unpaired) electrons. The molecule has 0 saturated heterocycles. The average Bonchev–Trinajstić information content (AvgIpc) is 3.23. The molecule has 2 aromatic carbocycles. The van der Waals surface area contributed by atoms with Crippen molar-refractivity contribution in [1.82, 2.24) is 16.3 Å². The normalized spacial score (nSPS) is 13.6. The third kappa shape index (κ3) is 4.85. The number of furan rings is 1. The van der Waals surface area contributed by atoms with Gasteiger partial charge in [-0.25, -0.2) is 5.43 Å². The first-order chi connectivity index (χ1) is 17.3. The van der Waals surface area contributed by atoms with E-state index in [0.717, 1.165) is 5.56 Å². The maximum atomic E-state index is 12.8. The number of hydrazone groups is 1. The highest BCUT2D eigenvalue weighted by Gasteiger charge is 2.29. The van der Waals surface area contributed by atoms with E-state index in [1.807, 2.05) is 19.1 Å². The summed E-state index contributed by atoms with van der Waals surface area (Å²) in [5.41, 5.74) is 9.49. The molecule has 1 aliphatic carbocycles. The van der Waals surface area contributed by atoms with Gasteiger partial charge in [0.2, 0.25) is 0 Å². The molecule has 0 fully saturated rings. The van der Waals surface area contributed by atoms with Crippen molar-refractivity contribution in [2.24, 2.45) is 5.10 Å². The Kier molecular flexibility index (Phi) is 6.91. The summed E-state index contributed by atoms with van der Waals surface area (Å²) in [5.74, 6) is -1.38. The Morgan fingerprint density at radius 3 is 2.31 bits per heavy atom. The molecule has 0 saturated carbocycles. The first-order valence-electron chi connectivity index (χ1n) is 11.2. The van der Waals surface area contributed by atoms with Crippen LogP contribution in [0.25, 0.3) is 0 Å². The van der Waals surface area contributed by atoms with Crippen molar-refractivity contribution in [1.29, 1.82) is 0 Å². The zero-order valence-corrected chi connectivity index (χ0v) is 19.6. The molecular weight excluding hydrogens is 466 g/mol. The Balaban J connectivity index is 1.50. The lowest BCUT2D eigenvalue weighted by Gasteiger charge is -2.13. The van der Waals surface area contributed by atoms with Crippen molar-refractivity contribution < 1.29 is 23.7 Å². The number of hydrogen-bond acceptors (Lipinski definition) is 7. The fraction of sp³-hybridized carbons (Fsp3) is 0.200. The minimum atomic E-state index is -0.842. The van der Waals surface area contributed by atoms with E-state index in [2.05, 4.69) is 21.4 Å². The fourth-order valence-electron chi connectivity index (χ4n) is 4.07. The van der Waals surface area contributed by atoms with Gasteiger partial charge in [-0.1, -0.05) is 30.3 Å². The van der Waals surface area contributed by atoms with Crippen LogP contribution in [0.3, 0.4) is 0 Å². The predicted octanol–water partition coefficient (Wildman–Crippen LogP) is 3.35. The van der Waals surface area contributed by atoms with Gasteiger partial charge in [0.15, 0.2) is 5.76 Å². The van der Waals surface area contributed by atoms with Crippen LogP contribution < -0.4 is 16.3 Å². The Morgan fingerprint density at radius 2 is 1.58 bits per heavy atom. The maximum Gasteiger partial charge on any atom is 0.305 e. The number of nitro groups is 1. The molecule has 11 nitrogen and oxygen atoms in total. The molecule has 3 N–H and O–H groups in total. The molecule has 1 aromatic heterocycles. The Morgan fingerprint density at radius 1 is 0.917 bits per heavy atom. The largest absolute Gasteiger partial charge is 0.455 e. The van der Waals surface area contributed by atoms with Crippen molar-refractivity contribution in [3.05, 3.63) is 98.0 Å². The van der Waals surface area contributed by atoms with Crippen LogP contribution in [0.1, 0.15) is 66.6 Å². The molecule has 0 unspecified atom stereocenters. The van der Waals surface area contributed by atoms with Crippen molar-refractivity contribution in [3.8, 4) is 0 Å². The van der Waals surface area contributed by atoms with Crippen LogP contribution in [0, 0.1) is 24.0 Å². The van der Waals surface area contributed by atoms with Gasteiger partial charge >= 0.3 is 5.91 Å². The summed E-state index contributed by atoms with van der Waals surface area (Å²) in [7, 11) is 0. The lowest BCUT2D eigenvalue weighted by atomic mass is 9.93. The van der Waals surface area contributed by atoms with Gasteiger partial charge in [0.1, 0.15) is 11.3 Å². The molecule has 0 bridgehead atoms. The number of amides is 3. The average molecular weight is 489 g/mol. The number of aryl methyl sites for hydroxylation is 2. The molecule has 11 heteroatoms. The lowest BCUT2D eigenvalue weighted by Crippen LogP contribution is -2.42. The highest BCUT2D eigenvalue weighted by Crippen LogP contribution is 2.30. The van der Waals surface area contributed by atoms with Crippen LogP contribution in [0.5, 0.6) is 0 Å². The monoisotopic (exact) mass is 489 g/mol. The zero-order chi connectivity index (χ0) is 25.8. The first-order valence-corrected chi connectivity index (χ1v) is 11.2. The smallest absolute Gasteiger partial charge is 0.305 e. The highest BCUT2D eigenvalue weighted by molar-refractivity contribution is 6.07. The third-order valence-corrected chi connectivity index (χ3v) is 5.85. The number of nitrogens with one attached hydrogen (secondary N) is 3. The summed E-state index contributed by atoms with van der Waals surface area (Å²) < 4.78 is 5.77. The first kappa shape index (κ1) is 24.3. The molecule has 36 heavy (non-hydrogen) atoms. The minimum Gasteiger partial charge on any atom is -0.455 e. The summed E-state index contributed by atoms with van der Waals surface area (Å²) in [6.45, 7) is 3.52. The Labute approximate surface area is 205 Å². The number of carbonyl (C=O) groups excluding carboxylic acids is 3. The van der Waals surface area contributed by atoms with Gasteiger partial charge in [-0.2, -0.15) is 5.10 Å². The topological polar surface area (TPSA) is 156 Å². The van der Waals surface area contributed by atoms with Crippen LogP contribution in [-0.4, -0.2) is 28.4 Å². The summed E-state index contributed by atoms with van der Waals surface area (Å²) in [6.07, 6.45) is 1.88. The molecule has 184 valence electrons. The molecule has 0 atom stereocenters. The molecule has 1 heterocycles. The standard InChI is InChI=1S/C25H23N5O6/c1-14-8-3-4-9-16(14)23(31)27-26-18-11-7-13-20-21(18)15(2)22(36-20)25(33)29-28-24(32)17-10-5-6-12-19(17)30(34)35/h3-6,8-10,12H,7,11,13H2,1-2H3,(H,27,31)(H,28,32)(H,29,33)/b26-18+. The quantitative estimate of drug-likeness (QED) is 0.369. The lowest BCUT2D eigenvalue weighted by molar-refractivity contribution is -0.385. The number of carbonyl (C=O) groups is 3. The molecule has 0 spiro atoms. The zero-order valence-electron chi connectivity index (χ0n) is 19.6. The van der Waals surface area contributed by atoms with E-state index in [0.29, 0.717) is 47.4 Å². The van der Waals surface area contributed by atoms with E-state index in [4.69, 9.17) is 4.42 Å². The second kappa shape index (κ2) is 10.2. The van der Waals surface area contributed by atoms with Crippen LogP contribution in [0.2, 0.25) is 0 Å². The van der Waals surface area contributed by atoms with Gasteiger partial charge in [0.25, 0.3) is 17.5 Å². The summed E-state index contributed by atoms with van der Waals surface area (Å²) >= 11 is 0. The number of nitro benzene ring substituents is 1. The highest BCUT2D eigenvalue weighted by atomic mass is 16.6. The van der Waals surface area contributed by atoms with E-state index < -0.39 is 16.7 Å². The predicted molar refractivity (Wildman–Crippen MR) is 130 cm³/mol. The Bertz CT molecular complexity index is 1410. The number of fused-ring (bicyclic) bond motifs is 1. The summed E-state index contributed by atoms with van der Waals surface area (Å²) in [6, 6.07) is 12.6. The van der Waals surface area contributed by atoms with Gasteiger partial charge < -0.3 is 4.42 Å². The second-order valence-electron chi connectivity index (χ2n) is 8.20. The number of hydrogen-bond donors (Lipinski definition) is 3. The summed E-state index contributed by atoms with van der Waals surface area (Å²) in [5, 5.41) is 15.5. The van der Waals surface area contributed by atoms with Crippen LogP contribution >= 0.6 is 0 Å². The number of benzene rings is 2. The van der Waals surface area contributed by atoms with Crippen molar-refractivity contribution >= 4 is 29.1 Å². The molecular formula is C25H23N5O6. The van der Waals surface area contributed by atoms with Crippen LogP contribution in [0.4, 0.5) is 5.69 Å². The number of nitrogens with zero attached hydrogens (tertiary/aromatic N) is 2. The van der Waals surface area contributed by atoms with Gasteiger partial charge in [0.05, 0.1) is 10.6 Å². The van der Waals surface area contributed by atoms with Crippen LogP contribution in [-0.2, 0) is 6.42 Å². The van der Waals surface area contributed by atoms with E-state index >= 15 is 0 Å². The SMILES string of the molecule is Cc1ccccc1C(=O)N/N=C1\CCCc2oc(C(=O)NNC(=O)c3ccccc3[N+](=O)[O-])c(C)c21. The Hall–Kier alpha value is -4.80. The molecule has 3 amide bonds. The van der Waals surface area contributed by atoms with E-state index in [1.165, 1.54) is 24.3 Å². The number of hydrazine groups is 1. The molecule has 1 aliphatic rings. The van der Waals surface area contributed by atoms with Gasteiger partial charge in [-0.15, -0.1) is 0 Å². The number of para-hydroxylation sites is 1. The fourth-order valence-corrected chi connectivity index (χ4v) is 4.07. The van der Waals surface area contributed by atoms with E-state index in [1.54, 1.807) is 19.1 Å². The van der Waals surface area contributed by atoms with E-state index in [9.17, 15) is 24.5 Å². The maximum absolute atomic E-state index is 12.8. The van der Waals surface area contributed by atoms with Crippen molar-refractivity contribution in [3.63, 3.8) is 0 Å². The van der Waals surface area contributed by atoms with Crippen LogP contribution in [0.15, 0.2) is 58.0 Å². The molecule has 3 aromatic rings.